The summed E-state index contributed by atoms with van der Waals surface area (Å²) < 4.78 is 0. The number of nitrogens with zero attached hydrogens (tertiary/aromatic N) is 2. The predicted molar refractivity (Wildman–Crippen MR) is 68.8 cm³/mol. The molecule has 0 aromatic heterocycles. The third kappa shape index (κ3) is 4.22. The highest BCUT2D eigenvalue weighted by molar-refractivity contribution is 6.04. The summed E-state index contributed by atoms with van der Waals surface area (Å²) in [5, 5.41) is 11.3. The van der Waals surface area contributed by atoms with Crippen LogP contribution in [0.4, 0.5) is 4.79 Å². The fourth-order valence-electron chi connectivity index (χ4n) is 1.78. The van der Waals surface area contributed by atoms with Gasteiger partial charge in [-0.25, -0.2) is 4.79 Å². The molecule has 20 heavy (non-hydrogen) atoms. The average Bonchev–Trinajstić information content (AvgIpc) is 2.61. The van der Waals surface area contributed by atoms with Crippen LogP contribution in [-0.2, 0) is 14.4 Å². The lowest BCUT2D eigenvalue weighted by atomic mass is 10.1. The summed E-state index contributed by atoms with van der Waals surface area (Å²) in [6.07, 6.45) is 0.987. The van der Waals surface area contributed by atoms with Crippen molar-refractivity contribution in [1.29, 1.82) is 0 Å². The molecule has 8 nitrogen and oxygen atoms in total. The number of carbonyl (C=O) groups excluding carboxylic acids is 3. The van der Waals surface area contributed by atoms with Crippen molar-refractivity contribution >= 4 is 23.8 Å². The van der Waals surface area contributed by atoms with Crippen LogP contribution in [0.15, 0.2) is 0 Å². The van der Waals surface area contributed by atoms with Crippen molar-refractivity contribution in [2.24, 2.45) is 5.92 Å². The molecule has 0 radical (unpaired) electrons. The highest BCUT2D eigenvalue weighted by Crippen LogP contribution is 2.07. The van der Waals surface area contributed by atoms with Crippen molar-refractivity contribution in [3.8, 4) is 0 Å². The molecule has 0 aliphatic carbocycles. The molecule has 1 saturated heterocycles. The van der Waals surface area contributed by atoms with Crippen molar-refractivity contribution in [2.75, 3.05) is 26.7 Å². The molecular formula is C12H19N3O5. The van der Waals surface area contributed by atoms with Gasteiger partial charge in [-0.1, -0.05) is 6.92 Å². The van der Waals surface area contributed by atoms with Gasteiger partial charge in [-0.3, -0.25) is 19.3 Å². The number of likely N-dealkylation sites (N-methyl/N-ethyl adjacent to an activating group) is 1. The molecule has 0 bridgehead atoms. The van der Waals surface area contributed by atoms with E-state index in [1.165, 1.54) is 11.9 Å². The maximum atomic E-state index is 11.6. The second-order valence-corrected chi connectivity index (χ2v) is 4.85. The zero-order chi connectivity index (χ0) is 15.3. The standard InChI is InChI=1S/C12H19N3O5/c1-8(11(18)19)4-3-5-13-9(16)6-15-10(17)7-14(2)12(15)20/h8H,3-7H2,1-2H3,(H,13,16)(H,18,19). The SMILES string of the molecule is CC(CCCNC(=O)CN1C(=O)CN(C)C1=O)C(=O)O. The summed E-state index contributed by atoms with van der Waals surface area (Å²) >= 11 is 0. The quantitative estimate of drug-likeness (QED) is 0.484. The molecule has 0 aromatic rings. The van der Waals surface area contributed by atoms with Crippen LogP contribution in [0.5, 0.6) is 0 Å². The van der Waals surface area contributed by atoms with Gasteiger partial charge in [0.2, 0.25) is 5.91 Å². The van der Waals surface area contributed by atoms with Crippen molar-refractivity contribution in [1.82, 2.24) is 15.1 Å². The fourth-order valence-corrected chi connectivity index (χ4v) is 1.78. The zero-order valence-corrected chi connectivity index (χ0v) is 11.6. The molecule has 1 fully saturated rings. The Morgan fingerprint density at radius 3 is 2.55 bits per heavy atom. The van der Waals surface area contributed by atoms with Gasteiger partial charge in [0.1, 0.15) is 13.1 Å². The summed E-state index contributed by atoms with van der Waals surface area (Å²) in [5.74, 6) is -2.15. The first kappa shape index (κ1) is 15.9. The molecule has 1 unspecified atom stereocenters. The summed E-state index contributed by atoms with van der Waals surface area (Å²) in [5.41, 5.74) is 0. The van der Waals surface area contributed by atoms with Gasteiger partial charge < -0.3 is 15.3 Å². The van der Waals surface area contributed by atoms with E-state index in [1.807, 2.05) is 0 Å². The third-order valence-electron chi connectivity index (χ3n) is 3.09. The molecule has 1 rings (SSSR count). The monoisotopic (exact) mass is 285 g/mol. The molecule has 1 atom stereocenters. The van der Waals surface area contributed by atoms with E-state index in [0.717, 1.165) is 4.90 Å². The Bertz CT molecular complexity index is 423. The molecule has 0 aromatic carbocycles. The second kappa shape index (κ2) is 6.88. The zero-order valence-electron chi connectivity index (χ0n) is 11.6. The second-order valence-electron chi connectivity index (χ2n) is 4.85. The maximum Gasteiger partial charge on any atom is 0.327 e. The van der Waals surface area contributed by atoms with E-state index < -0.39 is 29.7 Å². The maximum absolute atomic E-state index is 11.6. The van der Waals surface area contributed by atoms with E-state index in [0.29, 0.717) is 19.4 Å². The normalized spacial score (nSPS) is 16.5. The van der Waals surface area contributed by atoms with Crippen LogP contribution in [0, 0.1) is 5.92 Å². The lowest BCUT2D eigenvalue weighted by Gasteiger charge is -2.14. The first-order valence-electron chi connectivity index (χ1n) is 6.38. The Morgan fingerprint density at radius 2 is 2.05 bits per heavy atom. The molecule has 1 heterocycles. The highest BCUT2D eigenvalue weighted by Gasteiger charge is 2.34. The average molecular weight is 285 g/mol. The van der Waals surface area contributed by atoms with Crippen LogP contribution >= 0.6 is 0 Å². The molecule has 2 N–H and O–H groups in total. The van der Waals surface area contributed by atoms with Gasteiger partial charge in [0.15, 0.2) is 0 Å². The van der Waals surface area contributed by atoms with Crippen LogP contribution < -0.4 is 5.32 Å². The van der Waals surface area contributed by atoms with E-state index >= 15 is 0 Å². The molecule has 0 saturated carbocycles. The molecule has 1 aliphatic heterocycles. The van der Waals surface area contributed by atoms with Crippen LogP contribution in [-0.4, -0.2) is 65.4 Å². The number of carbonyl (C=O) groups is 4. The minimum atomic E-state index is -0.868. The lowest BCUT2D eigenvalue weighted by Crippen LogP contribution is -2.41. The molecule has 8 heteroatoms. The third-order valence-corrected chi connectivity index (χ3v) is 3.09. The minimum Gasteiger partial charge on any atom is -0.481 e. The molecule has 0 spiro atoms. The van der Waals surface area contributed by atoms with Gasteiger partial charge >= 0.3 is 12.0 Å². The summed E-state index contributed by atoms with van der Waals surface area (Å²) in [6.45, 7) is 1.61. The van der Waals surface area contributed by atoms with Gasteiger partial charge in [-0.2, -0.15) is 0 Å². The van der Waals surface area contributed by atoms with Gasteiger partial charge in [-0.15, -0.1) is 0 Å². The number of urea groups is 1. The smallest absolute Gasteiger partial charge is 0.327 e. The Morgan fingerprint density at radius 1 is 1.40 bits per heavy atom. The number of rotatable bonds is 7. The van der Waals surface area contributed by atoms with Gasteiger partial charge in [0.25, 0.3) is 5.91 Å². The van der Waals surface area contributed by atoms with Crippen molar-refractivity contribution < 1.29 is 24.3 Å². The van der Waals surface area contributed by atoms with Crippen LogP contribution in [0.2, 0.25) is 0 Å². The Hall–Kier alpha value is -2.12. The van der Waals surface area contributed by atoms with E-state index in [1.54, 1.807) is 6.92 Å². The molecule has 4 amide bonds. The number of nitrogens with one attached hydrogen (secondary N) is 1. The van der Waals surface area contributed by atoms with Crippen LogP contribution in [0.3, 0.4) is 0 Å². The predicted octanol–water partition coefficient (Wildman–Crippen LogP) is -0.502. The van der Waals surface area contributed by atoms with Crippen LogP contribution in [0.25, 0.3) is 0 Å². The summed E-state index contributed by atoms with van der Waals surface area (Å²) in [4.78, 5) is 47.3. The van der Waals surface area contributed by atoms with E-state index in [2.05, 4.69) is 5.32 Å². The number of hydrogen-bond donors (Lipinski definition) is 2. The van der Waals surface area contributed by atoms with Gasteiger partial charge in [0.05, 0.1) is 5.92 Å². The Balaban J connectivity index is 2.26. The fraction of sp³-hybridized carbons (Fsp3) is 0.667. The Labute approximate surface area is 116 Å². The van der Waals surface area contributed by atoms with Crippen molar-refractivity contribution in [2.45, 2.75) is 19.8 Å². The molecule has 112 valence electrons. The number of amides is 4. The van der Waals surface area contributed by atoms with Gasteiger partial charge in [0, 0.05) is 13.6 Å². The molecule has 1 aliphatic rings. The van der Waals surface area contributed by atoms with Gasteiger partial charge in [-0.05, 0) is 12.8 Å². The first-order chi connectivity index (χ1) is 9.32. The Kier molecular flexibility index (Phi) is 5.48. The lowest BCUT2D eigenvalue weighted by molar-refractivity contribution is -0.141. The summed E-state index contributed by atoms with van der Waals surface area (Å²) in [7, 11) is 1.49. The summed E-state index contributed by atoms with van der Waals surface area (Å²) in [6, 6.07) is -0.482. The number of carboxylic acids is 1. The number of hydrogen-bond acceptors (Lipinski definition) is 4. The van der Waals surface area contributed by atoms with Crippen molar-refractivity contribution in [3.63, 3.8) is 0 Å². The number of aliphatic carboxylic acids is 1. The first-order valence-corrected chi connectivity index (χ1v) is 6.38. The largest absolute Gasteiger partial charge is 0.481 e. The number of imide groups is 1. The number of carboxylic acid groups (broad SMARTS) is 1. The highest BCUT2D eigenvalue weighted by atomic mass is 16.4. The van der Waals surface area contributed by atoms with E-state index in [9.17, 15) is 19.2 Å². The van der Waals surface area contributed by atoms with E-state index in [4.69, 9.17) is 5.11 Å². The van der Waals surface area contributed by atoms with Crippen molar-refractivity contribution in [3.05, 3.63) is 0 Å². The van der Waals surface area contributed by atoms with E-state index in [-0.39, 0.29) is 13.1 Å². The van der Waals surface area contributed by atoms with Crippen LogP contribution in [0.1, 0.15) is 19.8 Å². The minimum absolute atomic E-state index is 0.0117. The molecular weight excluding hydrogens is 266 g/mol. The topological polar surface area (TPSA) is 107 Å².